The van der Waals surface area contributed by atoms with Crippen LogP contribution in [0.15, 0.2) is 42.7 Å². The zero-order valence-corrected chi connectivity index (χ0v) is 10.6. The van der Waals surface area contributed by atoms with Crippen LogP contribution in [-0.2, 0) is 6.54 Å². The molecule has 2 aromatic rings. The van der Waals surface area contributed by atoms with E-state index in [-0.39, 0.29) is 0 Å². The summed E-state index contributed by atoms with van der Waals surface area (Å²) in [4.78, 5) is 4.47. The summed E-state index contributed by atoms with van der Waals surface area (Å²) >= 11 is 4.46. The van der Waals surface area contributed by atoms with E-state index in [1.54, 1.807) is 0 Å². The average molecular weight is 244 g/mol. The van der Waals surface area contributed by atoms with Gasteiger partial charge in [-0.2, -0.15) is 12.6 Å². The van der Waals surface area contributed by atoms with E-state index in [4.69, 9.17) is 0 Å². The Morgan fingerprint density at radius 3 is 2.65 bits per heavy atom. The van der Waals surface area contributed by atoms with E-state index < -0.39 is 0 Å². The van der Waals surface area contributed by atoms with Crippen LogP contribution in [0.1, 0.15) is 12.8 Å². The molecule has 0 radical (unpaired) electrons. The summed E-state index contributed by atoms with van der Waals surface area (Å²) in [6.07, 6.45) is 6.55. The van der Waals surface area contributed by atoms with Crippen LogP contribution in [0.2, 0.25) is 0 Å². The highest BCUT2D eigenvalue weighted by Gasteiger charge is 2.41. The van der Waals surface area contributed by atoms with Crippen molar-refractivity contribution in [3.63, 3.8) is 0 Å². The van der Waals surface area contributed by atoms with Gasteiger partial charge in [-0.25, -0.2) is 4.98 Å². The van der Waals surface area contributed by atoms with Crippen molar-refractivity contribution in [1.29, 1.82) is 0 Å². The fourth-order valence-electron chi connectivity index (χ4n) is 2.19. The average Bonchev–Trinajstić information content (AvgIpc) is 3.00. The van der Waals surface area contributed by atoms with Crippen molar-refractivity contribution >= 4 is 12.6 Å². The Balaban J connectivity index is 1.90. The summed E-state index contributed by atoms with van der Waals surface area (Å²) in [5.74, 6) is 2.04. The van der Waals surface area contributed by atoms with Gasteiger partial charge in [-0.1, -0.05) is 30.3 Å². The van der Waals surface area contributed by atoms with Gasteiger partial charge in [0.2, 0.25) is 0 Å². The fourth-order valence-corrected chi connectivity index (χ4v) is 2.60. The van der Waals surface area contributed by atoms with E-state index >= 15 is 0 Å². The zero-order chi connectivity index (χ0) is 11.7. The summed E-state index contributed by atoms with van der Waals surface area (Å²) in [6.45, 7) is 1.04. The highest BCUT2D eigenvalue weighted by atomic mass is 32.1. The Bertz CT molecular complexity index is 500. The number of hydrogen-bond donors (Lipinski definition) is 1. The first kappa shape index (κ1) is 10.9. The van der Waals surface area contributed by atoms with Gasteiger partial charge in [0.15, 0.2) is 0 Å². The molecule has 0 spiro atoms. The van der Waals surface area contributed by atoms with Gasteiger partial charge in [0.1, 0.15) is 5.82 Å². The molecule has 1 aromatic heterocycles. The van der Waals surface area contributed by atoms with Crippen molar-refractivity contribution in [2.45, 2.75) is 19.4 Å². The zero-order valence-electron chi connectivity index (χ0n) is 9.71. The number of imidazole rings is 1. The summed E-state index contributed by atoms with van der Waals surface area (Å²) in [5.41, 5.74) is 1.61. The van der Waals surface area contributed by atoms with Gasteiger partial charge >= 0.3 is 0 Å². The maximum atomic E-state index is 4.47. The smallest absolute Gasteiger partial charge is 0.139 e. The van der Waals surface area contributed by atoms with Crippen molar-refractivity contribution in [2.75, 3.05) is 5.75 Å². The molecule has 0 unspecified atom stereocenters. The predicted molar refractivity (Wildman–Crippen MR) is 73.2 cm³/mol. The molecule has 0 saturated heterocycles. The van der Waals surface area contributed by atoms with Gasteiger partial charge in [0.25, 0.3) is 0 Å². The molecule has 1 aliphatic rings. The van der Waals surface area contributed by atoms with Gasteiger partial charge in [-0.05, 0) is 24.0 Å². The third-order valence-electron chi connectivity index (χ3n) is 3.55. The molecular formula is C14H16N2S. The molecule has 1 saturated carbocycles. The Labute approximate surface area is 107 Å². The summed E-state index contributed by atoms with van der Waals surface area (Å²) < 4.78 is 2.26. The molecule has 2 nitrogen and oxygen atoms in total. The molecule has 1 heterocycles. The second kappa shape index (κ2) is 4.22. The Hall–Kier alpha value is -1.22. The maximum absolute atomic E-state index is 4.47. The molecule has 3 rings (SSSR count). The van der Waals surface area contributed by atoms with Gasteiger partial charge in [-0.3, -0.25) is 0 Å². The minimum atomic E-state index is 0.424. The SMILES string of the molecule is SCC1(Cn2ccnc2-c2ccccc2)CC1. The van der Waals surface area contributed by atoms with Crippen LogP contribution in [0.25, 0.3) is 11.4 Å². The van der Waals surface area contributed by atoms with E-state index in [0.29, 0.717) is 5.41 Å². The standard InChI is InChI=1S/C14H16N2S/c17-11-14(6-7-14)10-16-9-8-15-13(16)12-4-2-1-3-5-12/h1-5,8-9,17H,6-7,10-11H2. The minimum Gasteiger partial charge on any atom is -0.330 e. The molecule has 0 amide bonds. The highest BCUT2D eigenvalue weighted by molar-refractivity contribution is 7.80. The lowest BCUT2D eigenvalue weighted by Gasteiger charge is -2.15. The third kappa shape index (κ3) is 2.12. The highest BCUT2D eigenvalue weighted by Crippen LogP contribution is 2.48. The van der Waals surface area contributed by atoms with Gasteiger partial charge in [-0.15, -0.1) is 0 Å². The van der Waals surface area contributed by atoms with Crippen molar-refractivity contribution in [1.82, 2.24) is 9.55 Å². The van der Waals surface area contributed by atoms with Crippen LogP contribution in [0.3, 0.4) is 0 Å². The second-order valence-corrected chi connectivity index (χ2v) is 5.22. The molecular weight excluding hydrogens is 228 g/mol. The maximum Gasteiger partial charge on any atom is 0.139 e. The Kier molecular flexibility index (Phi) is 2.71. The molecule has 0 atom stereocenters. The number of nitrogens with zero attached hydrogens (tertiary/aromatic N) is 2. The number of aromatic nitrogens is 2. The van der Waals surface area contributed by atoms with Crippen molar-refractivity contribution < 1.29 is 0 Å². The van der Waals surface area contributed by atoms with Crippen LogP contribution in [0, 0.1) is 5.41 Å². The van der Waals surface area contributed by atoms with Gasteiger partial charge in [0, 0.05) is 24.5 Å². The van der Waals surface area contributed by atoms with Crippen LogP contribution in [0.4, 0.5) is 0 Å². The van der Waals surface area contributed by atoms with Crippen LogP contribution in [-0.4, -0.2) is 15.3 Å². The molecule has 0 bridgehead atoms. The molecule has 0 N–H and O–H groups in total. The predicted octanol–water partition coefficient (Wildman–Crippen LogP) is 3.26. The van der Waals surface area contributed by atoms with Crippen LogP contribution < -0.4 is 0 Å². The number of thiol groups is 1. The largest absolute Gasteiger partial charge is 0.330 e. The van der Waals surface area contributed by atoms with Gasteiger partial charge in [0.05, 0.1) is 0 Å². The Morgan fingerprint density at radius 2 is 2.00 bits per heavy atom. The molecule has 1 aromatic carbocycles. The van der Waals surface area contributed by atoms with E-state index in [0.717, 1.165) is 18.1 Å². The van der Waals surface area contributed by atoms with Crippen LogP contribution >= 0.6 is 12.6 Å². The molecule has 1 aliphatic carbocycles. The third-order valence-corrected chi connectivity index (χ3v) is 4.22. The molecule has 3 heteroatoms. The number of rotatable bonds is 4. The monoisotopic (exact) mass is 244 g/mol. The van der Waals surface area contributed by atoms with E-state index in [1.165, 1.54) is 18.4 Å². The normalized spacial score (nSPS) is 17.0. The molecule has 88 valence electrons. The summed E-state index contributed by atoms with van der Waals surface area (Å²) in [7, 11) is 0. The number of benzene rings is 1. The first-order chi connectivity index (χ1) is 8.33. The van der Waals surface area contributed by atoms with E-state index in [9.17, 15) is 0 Å². The van der Waals surface area contributed by atoms with Crippen LogP contribution in [0.5, 0.6) is 0 Å². The first-order valence-electron chi connectivity index (χ1n) is 6.00. The van der Waals surface area contributed by atoms with Crippen molar-refractivity contribution in [3.05, 3.63) is 42.7 Å². The van der Waals surface area contributed by atoms with E-state index in [2.05, 4.69) is 52.6 Å². The first-order valence-corrected chi connectivity index (χ1v) is 6.64. The quantitative estimate of drug-likeness (QED) is 0.817. The second-order valence-electron chi connectivity index (χ2n) is 4.90. The topological polar surface area (TPSA) is 17.8 Å². The minimum absolute atomic E-state index is 0.424. The van der Waals surface area contributed by atoms with Gasteiger partial charge < -0.3 is 4.57 Å². The Morgan fingerprint density at radius 1 is 1.24 bits per heavy atom. The summed E-state index contributed by atoms with van der Waals surface area (Å²) in [5, 5.41) is 0. The van der Waals surface area contributed by atoms with E-state index in [1.807, 2.05) is 12.3 Å². The fraction of sp³-hybridized carbons (Fsp3) is 0.357. The summed E-state index contributed by atoms with van der Waals surface area (Å²) in [6, 6.07) is 10.4. The van der Waals surface area contributed by atoms with Crippen molar-refractivity contribution in [3.8, 4) is 11.4 Å². The molecule has 0 aliphatic heterocycles. The molecule has 17 heavy (non-hydrogen) atoms. The molecule has 1 fully saturated rings. The van der Waals surface area contributed by atoms with Crippen molar-refractivity contribution in [2.24, 2.45) is 5.41 Å². The lowest BCUT2D eigenvalue weighted by atomic mass is 10.1. The lowest BCUT2D eigenvalue weighted by molar-refractivity contribution is 0.477. The lowest BCUT2D eigenvalue weighted by Crippen LogP contribution is -2.13. The number of hydrogen-bond acceptors (Lipinski definition) is 2.